The van der Waals surface area contributed by atoms with Gasteiger partial charge in [0.05, 0.1) is 11.4 Å². The standard InChI is InChI=1S/C13H20N2O3S/c1-13(2,3)14-9-12(16)15-10-6-5-7-11(8-10)19(4,17)18/h5-8,14H,9H2,1-4H3,(H,15,16). The van der Waals surface area contributed by atoms with Gasteiger partial charge in [-0.05, 0) is 39.0 Å². The molecular formula is C13H20N2O3S. The summed E-state index contributed by atoms with van der Waals surface area (Å²) < 4.78 is 22.8. The fourth-order valence-corrected chi connectivity index (χ4v) is 2.02. The number of rotatable bonds is 4. The van der Waals surface area contributed by atoms with Crippen molar-refractivity contribution < 1.29 is 13.2 Å². The highest BCUT2D eigenvalue weighted by molar-refractivity contribution is 7.90. The zero-order chi connectivity index (χ0) is 14.7. The summed E-state index contributed by atoms with van der Waals surface area (Å²) in [6, 6.07) is 6.20. The maximum absolute atomic E-state index is 11.7. The molecule has 0 heterocycles. The molecule has 5 nitrogen and oxygen atoms in total. The first-order valence-corrected chi connectivity index (χ1v) is 7.82. The zero-order valence-corrected chi connectivity index (χ0v) is 12.5. The van der Waals surface area contributed by atoms with Crippen LogP contribution in [0.5, 0.6) is 0 Å². The summed E-state index contributed by atoms with van der Waals surface area (Å²) in [6.45, 7) is 6.06. The monoisotopic (exact) mass is 284 g/mol. The molecule has 0 saturated carbocycles. The lowest BCUT2D eigenvalue weighted by molar-refractivity contribution is -0.115. The second-order valence-corrected chi connectivity index (χ2v) is 7.47. The van der Waals surface area contributed by atoms with E-state index in [0.29, 0.717) is 5.69 Å². The molecule has 0 aliphatic rings. The highest BCUT2D eigenvalue weighted by Crippen LogP contribution is 2.15. The minimum absolute atomic E-state index is 0.147. The van der Waals surface area contributed by atoms with Gasteiger partial charge in [-0.2, -0.15) is 0 Å². The summed E-state index contributed by atoms with van der Waals surface area (Å²) in [7, 11) is -3.26. The van der Waals surface area contributed by atoms with Crippen LogP contribution in [0.4, 0.5) is 5.69 Å². The molecule has 2 N–H and O–H groups in total. The van der Waals surface area contributed by atoms with E-state index in [1.54, 1.807) is 12.1 Å². The van der Waals surface area contributed by atoms with E-state index in [2.05, 4.69) is 10.6 Å². The van der Waals surface area contributed by atoms with Crippen molar-refractivity contribution in [2.75, 3.05) is 18.1 Å². The van der Waals surface area contributed by atoms with Crippen LogP contribution in [0, 0.1) is 0 Å². The smallest absolute Gasteiger partial charge is 0.238 e. The first-order chi connectivity index (χ1) is 8.58. The van der Waals surface area contributed by atoms with E-state index >= 15 is 0 Å². The summed E-state index contributed by atoms with van der Waals surface area (Å²) in [5.74, 6) is -0.208. The van der Waals surface area contributed by atoms with Crippen molar-refractivity contribution >= 4 is 21.4 Å². The lowest BCUT2D eigenvalue weighted by Crippen LogP contribution is -2.41. The Morgan fingerprint density at radius 2 is 1.89 bits per heavy atom. The molecule has 0 saturated heterocycles. The zero-order valence-electron chi connectivity index (χ0n) is 11.6. The van der Waals surface area contributed by atoms with Crippen molar-refractivity contribution in [3.8, 4) is 0 Å². The average molecular weight is 284 g/mol. The van der Waals surface area contributed by atoms with E-state index in [-0.39, 0.29) is 22.9 Å². The Bertz CT molecular complexity index is 559. The summed E-state index contributed by atoms with van der Waals surface area (Å²) >= 11 is 0. The molecule has 0 aromatic heterocycles. The number of benzene rings is 1. The molecule has 6 heteroatoms. The highest BCUT2D eigenvalue weighted by Gasteiger charge is 2.12. The van der Waals surface area contributed by atoms with Gasteiger partial charge in [-0.15, -0.1) is 0 Å². The molecule has 1 aromatic rings. The first-order valence-electron chi connectivity index (χ1n) is 5.93. The lowest BCUT2D eigenvalue weighted by atomic mass is 10.1. The minimum atomic E-state index is -3.26. The number of anilines is 1. The third-order valence-corrected chi connectivity index (χ3v) is 3.44. The molecule has 0 spiro atoms. The van der Waals surface area contributed by atoms with Crippen LogP contribution < -0.4 is 10.6 Å². The Kier molecular flexibility index (Phi) is 4.70. The summed E-state index contributed by atoms with van der Waals surface area (Å²) in [5.41, 5.74) is 0.329. The van der Waals surface area contributed by atoms with Gasteiger partial charge in [0.2, 0.25) is 5.91 Å². The number of nitrogens with one attached hydrogen (secondary N) is 2. The Balaban J connectivity index is 2.70. The van der Waals surface area contributed by atoms with Crippen molar-refractivity contribution in [1.82, 2.24) is 5.32 Å². The molecule has 0 fully saturated rings. The van der Waals surface area contributed by atoms with Crippen LogP contribution in [0.1, 0.15) is 20.8 Å². The molecule has 0 aliphatic carbocycles. The van der Waals surface area contributed by atoms with Crippen LogP contribution in [0.3, 0.4) is 0 Å². The largest absolute Gasteiger partial charge is 0.325 e. The van der Waals surface area contributed by atoms with Gasteiger partial charge in [-0.25, -0.2) is 8.42 Å². The Morgan fingerprint density at radius 1 is 1.26 bits per heavy atom. The van der Waals surface area contributed by atoms with E-state index in [4.69, 9.17) is 0 Å². The average Bonchev–Trinajstić information content (AvgIpc) is 2.25. The van der Waals surface area contributed by atoms with Gasteiger partial charge in [-0.3, -0.25) is 4.79 Å². The summed E-state index contributed by atoms with van der Waals surface area (Å²) in [5, 5.41) is 5.72. The van der Waals surface area contributed by atoms with Crippen LogP contribution >= 0.6 is 0 Å². The van der Waals surface area contributed by atoms with Gasteiger partial charge >= 0.3 is 0 Å². The SMILES string of the molecule is CC(C)(C)NCC(=O)Nc1cccc(S(C)(=O)=O)c1. The van der Waals surface area contributed by atoms with Crippen LogP contribution in [0.2, 0.25) is 0 Å². The van der Waals surface area contributed by atoms with E-state index in [9.17, 15) is 13.2 Å². The maximum Gasteiger partial charge on any atom is 0.238 e. The van der Waals surface area contributed by atoms with Crippen molar-refractivity contribution in [3.63, 3.8) is 0 Å². The van der Waals surface area contributed by atoms with E-state index in [0.717, 1.165) is 6.26 Å². The van der Waals surface area contributed by atoms with Gasteiger partial charge in [0.15, 0.2) is 9.84 Å². The third-order valence-electron chi connectivity index (χ3n) is 2.33. The molecule has 0 atom stereocenters. The summed E-state index contributed by atoms with van der Waals surface area (Å²) in [4.78, 5) is 11.9. The molecule has 1 aromatic carbocycles. The molecule has 0 aliphatic heterocycles. The molecule has 1 rings (SSSR count). The number of carbonyl (C=O) groups excluding carboxylic acids is 1. The quantitative estimate of drug-likeness (QED) is 0.876. The predicted octanol–water partition coefficient (Wildman–Crippen LogP) is 1.42. The minimum Gasteiger partial charge on any atom is -0.325 e. The number of hydrogen-bond donors (Lipinski definition) is 2. The van der Waals surface area contributed by atoms with Crippen LogP contribution in [0.25, 0.3) is 0 Å². The molecule has 106 valence electrons. The lowest BCUT2D eigenvalue weighted by Gasteiger charge is -2.20. The molecular weight excluding hydrogens is 264 g/mol. The van der Waals surface area contributed by atoms with E-state index < -0.39 is 9.84 Å². The number of sulfone groups is 1. The van der Waals surface area contributed by atoms with Gasteiger partial charge in [-0.1, -0.05) is 6.07 Å². The van der Waals surface area contributed by atoms with Crippen LogP contribution in [-0.2, 0) is 14.6 Å². The second kappa shape index (κ2) is 5.71. The highest BCUT2D eigenvalue weighted by atomic mass is 32.2. The van der Waals surface area contributed by atoms with E-state index in [1.165, 1.54) is 12.1 Å². The molecule has 0 unspecified atom stereocenters. The third kappa shape index (κ3) is 5.85. The fraction of sp³-hybridized carbons (Fsp3) is 0.462. The topological polar surface area (TPSA) is 75.3 Å². The normalized spacial score (nSPS) is 12.2. The second-order valence-electron chi connectivity index (χ2n) is 5.45. The van der Waals surface area contributed by atoms with Crippen LogP contribution in [0.15, 0.2) is 29.2 Å². The number of hydrogen-bond acceptors (Lipinski definition) is 4. The van der Waals surface area contributed by atoms with Crippen molar-refractivity contribution in [1.29, 1.82) is 0 Å². The number of amides is 1. The molecule has 1 amide bonds. The Labute approximate surface area is 114 Å². The van der Waals surface area contributed by atoms with Gasteiger partial charge in [0.25, 0.3) is 0 Å². The van der Waals surface area contributed by atoms with Gasteiger partial charge in [0.1, 0.15) is 0 Å². The number of carbonyl (C=O) groups is 1. The fourth-order valence-electron chi connectivity index (χ4n) is 1.36. The summed E-state index contributed by atoms with van der Waals surface area (Å²) in [6.07, 6.45) is 1.13. The molecule has 19 heavy (non-hydrogen) atoms. The van der Waals surface area contributed by atoms with Crippen molar-refractivity contribution in [3.05, 3.63) is 24.3 Å². The van der Waals surface area contributed by atoms with Gasteiger partial charge < -0.3 is 10.6 Å². The Hall–Kier alpha value is -1.40. The maximum atomic E-state index is 11.7. The van der Waals surface area contributed by atoms with Gasteiger partial charge in [0, 0.05) is 17.5 Å². The molecule has 0 radical (unpaired) electrons. The van der Waals surface area contributed by atoms with Crippen LogP contribution in [-0.4, -0.2) is 32.7 Å². The van der Waals surface area contributed by atoms with Crippen molar-refractivity contribution in [2.24, 2.45) is 0 Å². The first kappa shape index (κ1) is 15.7. The van der Waals surface area contributed by atoms with E-state index in [1.807, 2.05) is 20.8 Å². The Morgan fingerprint density at radius 3 is 2.42 bits per heavy atom. The molecule has 0 bridgehead atoms. The van der Waals surface area contributed by atoms with Crippen molar-refractivity contribution in [2.45, 2.75) is 31.2 Å². The predicted molar refractivity (Wildman–Crippen MR) is 75.9 cm³/mol.